The molecule has 110 valence electrons. The van der Waals surface area contributed by atoms with Gasteiger partial charge in [0.2, 0.25) is 5.91 Å². The van der Waals surface area contributed by atoms with Crippen LogP contribution in [0.2, 0.25) is 0 Å². The summed E-state index contributed by atoms with van der Waals surface area (Å²) in [5.74, 6) is 0.156. The summed E-state index contributed by atoms with van der Waals surface area (Å²) in [7, 11) is 0. The number of hydrogen-bond donors (Lipinski definition) is 0. The maximum atomic E-state index is 12.4. The van der Waals surface area contributed by atoms with E-state index in [0.717, 1.165) is 17.8 Å². The third-order valence-corrected chi connectivity index (χ3v) is 5.87. The largest absolute Gasteiger partial charge is 0.336 e. The zero-order chi connectivity index (χ0) is 14.8. The SMILES string of the molecule is C[C@@H]1c2ccsc2CCN1C(=O)CCC(=O)c1cccs1. The lowest BCUT2D eigenvalue weighted by atomic mass is 10.0. The van der Waals surface area contributed by atoms with Gasteiger partial charge in [0, 0.05) is 24.3 Å². The Labute approximate surface area is 132 Å². The summed E-state index contributed by atoms with van der Waals surface area (Å²) in [4.78, 5) is 28.4. The highest BCUT2D eigenvalue weighted by Gasteiger charge is 2.28. The van der Waals surface area contributed by atoms with Gasteiger partial charge in [-0.25, -0.2) is 0 Å². The van der Waals surface area contributed by atoms with Gasteiger partial charge >= 0.3 is 0 Å². The second-order valence-electron chi connectivity index (χ2n) is 5.21. The molecule has 21 heavy (non-hydrogen) atoms. The van der Waals surface area contributed by atoms with Gasteiger partial charge < -0.3 is 4.90 Å². The van der Waals surface area contributed by atoms with Gasteiger partial charge in [0.1, 0.15) is 0 Å². The predicted molar refractivity (Wildman–Crippen MR) is 86.0 cm³/mol. The number of carbonyl (C=O) groups is 2. The number of rotatable bonds is 4. The Bertz CT molecular complexity index is 645. The summed E-state index contributed by atoms with van der Waals surface area (Å²) in [5.41, 5.74) is 1.27. The van der Waals surface area contributed by atoms with Crippen LogP contribution in [-0.2, 0) is 11.2 Å². The molecule has 0 aliphatic carbocycles. The average molecular weight is 319 g/mol. The van der Waals surface area contributed by atoms with Crippen LogP contribution < -0.4 is 0 Å². The second-order valence-corrected chi connectivity index (χ2v) is 7.16. The van der Waals surface area contributed by atoms with Gasteiger partial charge in [0.15, 0.2) is 5.78 Å². The molecule has 2 aromatic rings. The van der Waals surface area contributed by atoms with E-state index in [1.54, 1.807) is 11.3 Å². The number of Topliss-reactive ketones (excluding diaryl/α,β-unsaturated/α-hetero) is 1. The quantitative estimate of drug-likeness (QED) is 0.801. The molecule has 1 amide bonds. The fraction of sp³-hybridized carbons (Fsp3) is 0.375. The Morgan fingerprint density at radius 3 is 2.86 bits per heavy atom. The minimum atomic E-state index is 0.0687. The first-order chi connectivity index (χ1) is 10.2. The Hall–Kier alpha value is -1.46. The molecule has 0 saturated carbocycles. The highest BCUT2D eigenvalue weighted by Crippen LogP contribution is 2.33. The Morgan fingerprint density at radius 1 is 1.24 bits per heavy atom. The molecule has 3 rings (SSSR count). The molecule has 3 heterocycles. The van der Waals surface area contributed by atoms with Crippen molar-refractivity contribution in [1.82, 2.24) is 4.90 Å². The van der Waals surface area contributed by atoms with Crippen molar-refractivity contribution in [2.45, 2.75) is 32.2 Å². The molecule has 1 aliphatic rings. The van der Waals surface area contributed by atoms with Gasteiger partial charge in [0.25, 0.3) is 0 Å². The lowest BCUT2D eigenvalue weighted by Gasteiger charge is -2.33. The van der Waals surface area contributed by atoms with Crippen molar-refractivity contribution in [3.63, 3.8) is 0 Å². The molecular weight excluding hydrogens is 302 g/mol. The highest BCUT2D eigenvalue weighted by atomic mass is 32.1. The molecule has 0 N–H and O–H groups in total. The zero-order valence-corrected chi connectivity index (χ0v) is 13.5. The topological polar surface area (TPSA) is 37.4 Å². The van der Waals surface area contributed by atoms with Crippen molar-refractivity contribution >= 4 is 34.4 Å². The average Bonchev–Trinajstić information content (AvgIpc) is 3.15. The molecule has 0 bridgehead atoms. The molecule has 0 spiro atoms. The Balaban J connectivity index is 1.60. The van der Waals surface area contributed by atoms with E-state index >= 15 is 0 Å². The summed E-state index contributed by atoms with van der Waals surface area (Å²) >= 11 is 3.21. The van der Waals surface area contributed by atoms with Crippen molar-refractivity contribution in [2.75, 3.05) is 6.54 Å². The maximum Gasteiger partial charge on any atom is 0.223 e. The first-order valence-electron chi connectivity index (χ1n) is 7.09. The molecule has 2 aromatic heterocycles. The fourth-order valence-electron chi connectivity index (χ4n) is 2.77. The van der Waals surface area contributed by atoms with Crippen molar-refractivity contribution < 1.29 is 9.59 Å². The van der Waals surface area contributed by atoms with Gasteiger partial charge in [0.05, 0.1) is 10.9 Å². The standard InChI is InChI=1S/C16H17NO2S2/c1-11-12-7-10-21-14(12)6-8-17(11)16(19)5-4-13(18)15-3-2-9-20-15/h2-3,7,9-11H,4-6,8H2,1H3/t11-/m1/s1. The summed E-state index contributed by atoms with van der Waals surface area (Å²) in [6.45, 7) is 2.84. The van der Waals surface area contributed by atoms with Crippen LogP contribution in [0.3, 0.4) is 0 Å². The summed E-state index contributed by atoms with van der Waals surface area (Å²) in [5, 5.41) is 3.98. The molecule has 0 radical (unpaired) electrons. The number of hydrogen-bond acceptors (Lipinski definition) is 4. The Kier molecular flexibility index (Phi) is 4.22. The van der Waals surface area contributed by atoms with Crippen LogP contribution in [0.4, 0.5) is 0 Å². The smallest absolute Gasteiger partial charge is 0.223 e. The van der Waals surface area contributed by atoms with Crippen LogP contribution in [0.5, 0.6) is 0 Å². The summed E-state index contributed by atoms with van der Waals surface area (Å²) in [6, 6.07) is 5.92. The van der Waals surface area contributed by atoms with Crippen LogP contribution in [-0.4, -0.2) is 23.1 Å². The highest BCUT2D eigenvalue weighted by molar-refractivity contribution is 7.12. The van der Waals surface area contributed by atoms with E-state index in [2.05, 4.69) is 18.4 Å². The molecule has 0 aromatic carbocycles. The molecule has 3 nitrogen and oxygen atoms in total. The van der Waals surface area contributed by atoms with Crippen LogP contribution in [0, 0.1) is 0 Å². The van der Waals surface area contributed by atoms with E-state index in [1.807, 2.05) is 22.4 Å². The lowest BCUT2D eigenvalue weighted by Crippen LogP contribution is -2.38. The van der Waals surface area contributed by atoms with E-state index in [0.29, 0.717) is 12.8 Å². The fourth-order valence-corrected chi connectivity index (χ4v) is 4.43. The molecule has 0 saturated heterocycles. The van der Waals surface area contributed by atoms with Gasteiger partial charge in [-0.2, -0.15) is 0 Å². The number of amides is 1. The normalized spacial score (nSPS) is 17.6. The third-order valence-electron chi connectivity index (χ3n) is 3.96. The van der Waals surface area contributed by atoms with Crippen LogP contribution in [0.1, 0.15) is 45.9 Å². The molecule has 1 aliphatic heterocycles. The van der Waals surface area contributed by atoms with Crippen molar-refractivity contribution in [2.24, 2.45) is 0 Å². The number of thiophene rings is 2. The van der Waals surface area contributed by atoms with E-state index in [4.69, 9.17) is 0 Å². The summed E-state index contributed by atoms with van der Waals surface area (Å²) < 4.78 is 0. The molecule has 0 unspecified atom stereocenters. The lowest BCUT2D eigenvalue weighted by molar-refractivity contribution is -0.133. The van der Waals surface area contributed by atoms with Crippen LogP contribution >= 0.6 is 22.7 Å². The first kappa shape index (κ1) is 14.5. The number of ketones is 1. The van der Waals surface area contributed by atoms with E-state index in [-0.39, 0.29) is 17.7 Å². The van der Waals surface area contributed by atoms with Crippen molar-refractivity contribution in [3.05, 3.63) is 44.3 Å². The number of carbonyl (C=O) groups excluding carboxylic acids is 2. The maximum absolute atomic E-state index is 12.4. The van der Waals surface area contributed by atoms with Crippen LogP contribution in [0.15, 0.2) is 29.0 Å². The minimum Gasteiger partial charge on any atom is -0.336 e. The summed E-state index contributed by atoms with van der Waals surface area (Å²) in [6.07, 6.45) is 1.54. The monoisotopic (exact) mass is 319 g/mol. The van der Waals surface area contributed by atoms with Gasteiger partial charge in [-0.15, -0.1) is 22.7 Å². The van der Waals surface area contributed by atoms with Crippen LogP contribution in [0.25, 0.3) is 0 Å². The van der Waals surface area contributed by atoms with E-state index in [1.165, 1.54) is 21.8 Å². The molecular formula is C16H17NO2S2. The predicted octanol–water partition coefficient (Wildman–Crippen LogP) is 3.92. The number of fused-ring (bicyclic) bond motifs is 1. The van der Waals surface area contributed by atoms with Gasteiger partial charge in [-0.1, -0.05) is 6.07 Å². The minimum absolute atomic E-state index is 0.0687. The number of nitrogens with zero attached hydrogens (tertiary/aromatic N) is 1. The molecule has 1 atom stereocenters. The molecule has 0 fully saturated rings. The van der Waals surface area contributed by atoms with E-state index < -0.39 is 0 Å². The third kappa shape index (κ3) is 2.94. The Morgan fingerprint density at radius 2 is 2.10 bits per heavy atom. The first-order valence-corrected chi connectivity index (χ1v) is 8.85. The zero-order valence-electron chi connectivity index (χ0n) is 11.9. The molecule has 5 heteroatoms. The van der Waals surface area contributed by atoms with Crippen molar-refractivity contribution in [3.8, 4) is 0 Å². The van der Waals surface area contributed by atoms with Gasteiger partial charge in [-0.3, -0.25) is 9.59 Å². The van der Waals surface area contributed by atoms with E-state index in [9.17, 15) is 9.59 Å². The second kappa shape index (κ2) is 6.12. The van der Waals surface area contributed by atoms with Gasteiger partial charge in [-0.05, 0) is 41.8 Å². The van der Waals surface area contributed by atoms with Crippen molar-refractivity contribution in [1.29, 1.82) is 0 Å².